The summed E-state index contributed by atoms with van der Waals surface area (Å²) in [6, 6.07) is -0.807. The maximum atomic E-state index is 12.2. The van der Waals surface area contributed by atoms with Gasteiger partial charge in [-0.1, -0.05) is 0 Å². The van der Waals surface area contributed by atoms with Crippen LogP contribution in [0, 0.1) is 10.1 Å². The lowest BCUT2D eigenvalue weighted by Gasteiger charge is -2.31. The molecule has 0 saturated carbocycles. The van der Waals surface area contributed by atoms with Gasteiger partial charge in [-0.05, 0) is 40.2 Å². The summed E-state index contributed by atoms with van der Waals surface area (Å²) in [7, 11) is 0. The minimum Gasteiger partial charge on any atom is -0.459 e. The summed E-state index contributed by atoms with van der Waals surface area (Å²) in [5, 5.41) is 18.0. The molecule has 1 fully saturated rings. The van der Waals surface area contributed by atoms with Crippen molar-refractivity contribution < 1.29 is 19.2 Å². The lowest BCUT2D eigenvalue weighted by molar-refractivity contribution is -0.385. The van der Waals surface area contributed by atoms with Gasteiger partial charge >= 0.3 is 11.7 Å². The van der Waals surface area contributed by atoms with Crippen LogP contribution in [0.5, 0.6) is 0 Å². The van der Waals surface area contributed by atoms with Crippen LogP contribution in [0.2, 0.25) is 0 Å². The first-order valence-corrected chi connectivity index (χ1v) is 7.58. The van der Waals surface area contributed by atoms with Gasteiger partial charge in [0.25, 0.3) is 5.91 Å². The molecule has 2 atom stereocenters. The van der Waals surface area contributed by atoms with Crippen molar-refractivity contribution in [1.29, 1.82) is 0 Å². The summed E-state index contributed by atoms with van der Waals surface area (Å²) in [5.74, 6) is -1.35. The Morgan fingerprint density at radius 1 is 1.50 bits per heavy atom. The van der Waals surface area contributed by atoms with E-state index in [2.05, 4.69) is 10.4 Å². The minimum atomic E-state index is -0.960. The molecule has 2 heterocycles. The zero-order valence-electron chi connectivity index (χ0n) is 13.8. The average molecular weight is 339 g/mol. The standard InChI is InChI=1S/C14H21N5O5/c1-14(2,3)24-13(21)9-6-8(4-5-16-9)18-7-10(19(22)23)11(17-18)12(15)20/h7-9,16H,4-6H2,1-3H3,(H2,15,20). The van der Waals surface area contributed by atoms with Gasteiger partial charge in [-0.25, -0.2) is 0 Å². The number of aromatic nitrogens is 2. The highest BCUT2D eigenvalue weighted by molar-refractivity contribution is 5.94. The molecule has 0 aromatic carbocycles. The van der Waals surface area contributed by atoms with Crippen LogP contribution < -0.4 is 11.1 Å². The molecule has 3 N–H and O–H groups in total. The number of nitrogens with two attached hydrogens (primary N) is 1. The molecule has 1 aromatic heterocycles. The van der Waals surface area contributed by atoms with Crippen LogP contribution in [0.25, 0.3) is 0 Å². The van der Waals surface area contributed by atoms with Crippen molar-refractivity contribution in [3.63, 3.8) is 0 Å². The molecule has 132 valence electrons. The summed E-state index contributed by atoms with van der Waals surface area (Å²) in [5.41, 5.74) is 3.72. The molecule has 0 bridgehead atoms. The van der Waals surface area contributed by atoms with Crippen LogP contribution in [-0.4, -0.2) is 44.8 Å². The van der Waals surface area contributed by atoms with E-state index in [0.717, 1.165) is 0 Å². The third-order valence-corrected chi connectivity index (χ3v) is 3.58. The van der Waals surface area contributed by atoms with E-state index < -0.39 is 28.2 Å². The summed E-state index contributed by atoms with van der Waals surface area (Å²) in [6.07, 6.45) is 2.14. The van der Waals surface area contributed by atoms with E-state index in [4.69, 9.17) is 10.5 Å². The minimum absolute atomic E-state index is 0.268. The van der Waals surface area contributed by atoms with Crippen LogP contribution >= 0.6 is 0 Å². The first-order valence-electron chi connectivity index (χ1n) is 7.58. The Morgan fingerprint density at radius 3 is 2.67 bits per heavy atom. The molecule has 10 heteroatoms. The average Bonchev–Trinajstić information content (AvgIpc) is 2.91. The van der Waals surface area contributed by atoms with Gasteiger partial charge in [0.2, 0.25) is 5.69 Å². The van der Waals surface area contributed by atoms with Crippen LogP contribution in [0.1, 0.15) is 50.1 Å². The summed E-state index contributed by atoms with van der Waals surface area (Å²) in [6.45, 7) is 5.86. The Bertz CT molecular complexity index is 632. The number of esters is 1. The third kappa shape index (κ3) is 4.07. The van der Waals surface area contributed by atoms with Gasteiger partial charge in [-0.3, -0.25) is 24.4 Å². The first kappa shape index (κ1) is 17.9. The fraction of sp³-hybridized carbons (Fsp3) is 0.643. The van der Waals surface area contributed by atoms with Crippen LogP contribution in [0.3, 0.4) is 0 Å². The third-order valence-electron chi connectivity index (χ3n) is 3.58. The lowest BCUT2D eigenvalue weighted by Crippen LogP contribution is -2.46. The maximum absolute atomic E-state index is 12.2. The van der Waals surface area contributed by atoms with E-state index in [1.54, 1.807) is 20.8 Å². The number of ether oxygens (including phenoxy) is 1. The van der Waals surface area contributed by atoms with Gasteiger partial charge < -0.3 is 15.8 Å². The molecule has 0 aliphatic carbocycles. The predicted molar refractivity (Wildman–Crippen MR) is 83.3 cm³/mol. The van der Waals surface area contributed by atoms with Gasteiger partial charge in [-0.2, -0.15) is 5.10 Å². The quantitative estimate of drug-likeness (QED) is 0.462. The number of hydrogen-bond donors (Lipinski definition) is 2. The van der Waals surface area contributed by atoms with E-state index in [0.29, 0.717) is 19.4 Å². The first-order chi connectivity index (χ1) is 11.1. The Hall–Kier alpha value is -2.49. The molecule has 1 aliphatic rings. The molecule has 2 unspecified atom stereocenters. The van der Waals surface area contributed by atoms with E-state index in [-0.39, 0.29) is 17.7 Å². The molecule has 1 saturated heterocycles. The van der Waals surface area contributed by atoms with Crippen molar-refractivity contribution in [2.24, 2.45) is 5.73 Å². The lowest BCUT2D eigenvalue weighted by atomic mass is 9.99. The Kier molecular flexibility index (Phi) is 4.88. The molecule has 1 aromatic rings. The van der Waals surface area contributed by atoms with Crippen molar-refractivity contribution in [2.75, 3.05) is 6.54 Å². The molecule has 24 heavy (non-hydrogen) atoms. The Balaban J connectivity index is 2.18. The Morgan fingerprint density at radius 2 is 2.17 bits per heavy atom. The molecule has 10 nitrogen and oxygen atoms in total. The number of nitro groups is 1. The zero-order valence-corrected chi connectivity index (χ0v) is 13.8. The molecular formula is C14H21N5O5. The van der Waals surface area contributed by atoms with Crippen LogP contribution in [-0.2, 0) is 9.53 Å². The van der Waals surface area contributed by atoms with Gasteiger partial charge in [0.1, 0.15) is 17.8 Å². The van der Waals surface area contributed by atoms with Crippen molar-refractivity contribution in [2.45, 2.75) is 51.3 Å². The van der Waals surface area contributed by atoms with Crippen molar-refractivity contribution in [1.82, 2.24) is 15.1 Å². The highest BCUT2D eigenvalue weighted by atomic mass is 16.6. The molecule has 0 radical (unpaired) electrons. The highest BCUT2D eigenvalue weighted by Gasteiger charge is 2.33. The Labute approximate surface area is 138 Å². The van der Waals surface area contributed by atoms with E-state index in [1.807, 2.05) is 0 Å². The topological polar surface area (TPSA) is 142 Å². The number of rotatable bonds is 4. The molecular weight excluding hydrogens is 318 g/mol. The van der Waals surface area contributed by atoms with E-state index >= 15 is 0 Å². The predicted octanol–water partition coefficient (Wildman–Crippen LogP) is 0.525. The fourth-order valence-corrected chi connectivity index (χ4v) is 2.57. The summed E-state index contributed by atoms with van der Waals surface area (Å²) >= 11 is 0. The van der Waals surface area contributed by atoms with Crippen molar-refractivity contribution in [3.05, 3.63) is 22.0 Å². The van der Waals surface area contributed by atoms with Gasteiger partial charge in [0.15, 0.2) is 0 Å². The van der Waals surface area contributed by atoms with Crippen molar-refractivity contribution >= 4 is 17.6 Å². The number of amides is 1. The molecule has 1 aliphatic heterocycles. The monoisotopic (exact) mass is 339 g/mol. The largest absolute Gasteiger partial charge is 0.459 e. The molecule has 0 spiro atoms. The summed E-state index contributed by atoms with van der Waals surface area (Å²) in [4.78, 5) is 33.8. The van der Waals surface area contributed by atoms with Crippen LogP contribution in [0.4, 0.5) is 5.69 Å². The number of primary amides is 1. The smallest absolute Gasteiger partial charge is 0.323 e. The fourth-order valence-electron chi connectivity index (χ4n) is 2.57. The summed E-state index contributed by atoms with van der Waals surface area (Å²) < 4.78 is 6.70. The number of nitrogens with one attached hydrogen (secondary N) is 1. The van der Waals surface area contributed by atoms with Gasteiger partial charge in [0, 0.05) is 0 Å². The van der Waals surface area contributed by atoms with Crippen LogP contribution in [0.15, 0.2) is 6.20 Å². The normalized spacial score (nSPS) is 21.3. The van der Waals surface area contributed by atoms with E-state index in [1.165, 1.54) is 10.9 Å². The van der Waals surface area contributed by atoms with E-state index in [9.17, 15) is 19.7 Å². The van der Waals surface area contributed by atoms with Gasteiger partial charge in [0.05, 0.1) is 11.0 Å². The highest BCUT2D eigenvalue weighted by Crippen LogP contribution is 2.26. The SMILES string of the molecule is CC(C)(C)OC(=O)C1CC(n2cc([N+](=O)[O-])c(C(N)=O)n2)CCN1. The maximum Gasteiger partial charge on any atom is 0.323 e. The van der Waals surface area contributed by atoms with Gasteiger partial charge in [-0.15, -0.1) is 0 Å². The molecule has 1 amide bonds. The number of nitrogens with zero attached hydrogens (tertiary/aromatic N) is 3. The zero-order chi connectivity index (χ0) is 18.1. The second-order valence-corrected chi connectivity index (χ2v) is 6.68. The second-order valence-electron chi connectivity index (χ2n) is 6.68. The number of hydrogen-bond acceptors (Lipinski definition) is 7. The second kappa shape index (κ2) is 6.56. The number of piperidine rings is 1. The number of carbonyl (C=O) groups is 2. The van der Waals surface area contributed by atoms with Crippen molar-refractivity contribution in [3.8, 4) is 0 Å². The number of carbonyl (C=O) groups excluding carboxylic acids is 2. The molecule has 2 rings (SSSR count).